The first-order chi connectivity index (χ1) is 6.81. The molecule has 0 radical (unpaired) electrons. The van der Waals surface area contributed by atoms with E-state index >= 15 is 0 Å². The van der Waals surface area contributed by atoms with Crippen molar-refractivity contribution in [3.8, 4) is 0 Å². The molecule has 0 saturated heterocycles. The van der Waals surface area contributed by atoms with Gasteiger partial charge < -0.3 is 4.52 Å². The first-order valence-corrected chi connectivity index (χ1v) is 5.14. The zero-order valence-electron chi connectivity index (χ0n) is 8.79. The second-order valence-corrected chi connectivity index (χ2v) is 3.71. The summed E-state index contributed by atoms with van der Waals surface area (Å²) in [5, 5.41) is 3.81. The molecule has 2 heterocycles. The Bertz CT molecular complexity index is 341. The van der Waals surface area contributed by atoms with Gasteiger partial charge in [0.2, 0.25) is 0 Å². The van der Waals surface area contributed by atoms with Gasteiger partial charge in [-0.25, -0.2) is 0 Å². The summed E-state index contributed by atoms with van der Waals surface area (Å²) in [5.74, 6) is 0.973. The largest absolute Gasteiger partial charge is 0.356 e. The molecular weight excluding hydrogens is 176 g/mol. The van der Waals surface area contributed by atoms with E-state index in [4.69, 9.17) is 4.52 Å². The van der Waals surface area contributed by atoms with Crippen molar-refractivity contribution in [2.75, 3.05) is 19.6 Å². The molecule has 0 unspecified atom stereocenters. The minimum atomic E-state index is 0.973. The molecule has 0 bridgehead atoms. The van der Waals surface area contributed by atoms with Gasteiger partial charge in [0.15, 0.2) is 5.76 Å². The van der Waals surface area contributed by atoms with Crippen molar-refractivity contribution in [1.29, 1.82) is 0 Å². The Hall–Kier alpha value is -1.09. The van der Waals surface area contributed by atoms with E-state index in [1.165, 1.54) is 5.57 Å². The van der Waals surface area contributed by atoms with E-state index in [1.54, 1.807) is 6.20 Å². The number of likely N-dealkylation sites (N-methyl/N-ethyl adjacent to an activating group) is 1. The molecule has 0 atom stereocenters. The maximum Gasteiger partial charge on any atom is 0.165 e. The number of aromatic nitrogens is 1. The first-order valence-electron chi connectivity index (χ1n) is 5.14. The molecule has 3 nitrogen and oxygen atoms in total. The predicted molar refractivity (Wildman–Crippen MR) is 55.9 cm³/mol. The van der Waals surface area contributed by atoms with Crippen molar-refractivity contribution in [1.82, 2.24) is 10.1 Å². The van der Waals surface area contributed by atoms with E-state index in [-0.39, 0.29) is 0 Å². The fourth-order valence-electron chi connectivity index (χ4n) is 1.81. The zero-order valence-corrected chi connectivity index (χ0v) is 8.79. The highest BCUT2D eigenvalue weighted by Gasteiger charge is 2.15. The van der Waals surface area contributed by atoms with Gasteiger partial charge in [-0.1, -0.05) is 18.2 Å². The summed E-state index contributed by atoms with van der Waals surface area (Å²) in [6.45, 7) is 7.52. The Balaban J connectivity index is 2.14. The Morgan fingerprint density at radius 1 is 1.57 bits per heavy atom. The van der Waals surface area contributed by atoms with E-state index in [1.807, 2.05) is 6.92 Å². The van der Waals surface area contributed by atoms with Crippen LogP contribution in [0.2, 0.25) is 0 Å². The summed E-state index contributed by atoms with van der Waals surface area (Å²) < 4.78 is 5.24. The molecule has 0 amide bonds. The second kappa shape index (κ2) is 3.96. The standard InChI is InChI=1S/C11H16N2O/c1-3-13-6-4-10(5-7-13)11-9(2)8-12-14-11/h4,8H,3,5-7H2,1-2H3. The number of nitrogens with zero attached hydrogens (tertiary/aromatic N) is 2. The predicted octanol–water partition coefficient (Wildman–Crippen LogP) is 2.09. The summed E-state index contributed by atoms with van der Waals surface area (Å²) in [6.07, 6.45) is 5.10. The summed E-state index contributed by atoms with van der Waals surface area (Å²) in [4.78, 5) is 2.41. The molecule has 2 rings (SSSR count). The fourth-order valence-corrected chi connectivity index (χ4v) is 1.81. The van der Waals surface area contributed by atoms with Gasteiger partial charge in [0.1, 0.15) is 0 Å². The maximum absolute atomic E-state index is 5.24. The van der Waals surface area contributed by atoms with Crippen LogP contribution in [-0.2, 0) is 0 Å². The van der Waals surface area contributed by atoms with Crippen molar-refractivity contribution < 1.29 is 4.52 Å². The SMILES string of the molecule is CCN1CC=C(c2oncc2C)CC1. The van der Waals surface area contributed by atoms with Gasteiger partial charge in [0, 0.05) is 18.7 Å². The lowest BCUT2D eigenvalue weighted by Gasteiger charge is -2.23. The van der Waals surface area contributed by atoms with Gasteiger partial charge in [-0.05, 0) is 25.5 Å². The van der Waals surface area contributed by atoms with Crippen molar-refractivity contribution in [2.24, 2.45) is 0 Å². The molecule has 0 N–H and O–H groups in total. The van der Waals surface area contributed by atoms with Crippen LogP contribution in [0.4, 0.5) is 0 Å². The van der Waals surface area contributed by atoms with Crippen LogP contribution in [0.1, 0.15) is 24.7 Å². The van der Waals surface area contributed by atoms with Crippen LogP contribution in [0.15, 0.2) is 16.8 Å². The normalized spacial score (nSPS) is 18.3. The molecule has 1 aromatic heterocycles. The molecule has 0 spiro atoms. The molecule has 0 aromatic carbocycles. The molecule has 0 fully saturated rings. The highest BCUT2D eigenvalue weighted by molar-refractivity contribution is 5.64. The van der Waals surface area contributed by atoms with E-state index in [0.29, 0.717) is 0 Å². The lowest BCUT2D eigenvalue weighted by Crippen LogP contribution is -2.28. The van der Waals surface area contributed by atoms with Gasteiger partial charge >= 0.3 is 0 Å². The van der Waals surface area contributed by atoms with Gasteiger partial charge in [-0.2, -0.15) is 0 Å². The number of rotatable bonds is 2. The molecule has 1 aromatic rings. The molecule has 76 valence electrons. The highest BCUT2D eigenvalue weighted by Crippen LogP contribution is 2.24. The average molecular weight is 192 g/mol. The van der Waals surface area contributed by atoms with Crippen LogP contribution in [0.25, 0.3) is 5.57 Å². The molecule has 14 heavy (non-hydrogen) atoms. The molecular formula is C11H16N2O. The van der Waals surface area contributed by atoms with Gasteiger partial charge in [0.05, 0.1) is 6.20 Å². The lowest BCUT2D eigenvalue weighted by atomic mass is 10.0. The van der Waals surface area contributed by atoms with Crippen molar-refractivity contribution in [3.05, 3.63) is 23.6 Å². The van der Waals surface area contributed by atoms with Crippen LogP contribution in [-0.4, -0.2) is 29.7 Å². The lowest BCUT2D eigenvalue weighted by molar-refractivity contribution is 0.315. The Morgan fingerprint density at radius 3 is 2.93 bits per heavy atom. The third-order valence-corrected chi connectivity index (χ3v) is 2.78. The quantitative estimate of drug-likeness (QED) is 0.718. The van der Waals surface area contributed by atoms with E-state index in [2.05, 4.69) is 23.1 Å². The fraction of sp³-hybridized carbons (Fsp3) is 0.545. The molecule has 3 heteroatoms. The molecule has 0 saturated carbocycles. The molecule has 1 aliphatic rings. The topological polar surface area (TPSA) is 29.3 Å². The summed E-state index contributed by atoms with van der Waals surface area (Å²) in [7, 11) is 0. The van der Waals surface area contributed by atoms with Gasteiger partial charge in [-0.3, -0.25) is 4.90 Å². The average Bonchev–Trinajstić information content (AvgIpc) is 2.65. The molecule has 1 aliphatic heterocycles. The van der Waals surface area contributed by atoms with Crippen molar-refractivity contribution in [2.45, 2.75) is 20.3 Å². The van der Waals surface area contributed by atoms with Crippen LogP contribution in [0.5, 0.6) is 0 Å². The van der Waals surface area contributed by atoms with Crippen molar-refractivity contribution >= 4 is 5.57 Å². The van der Waals surface area contributed by atoms with Crippen LogP contribution >= 0.6 is 0 Å². The smallest absolute Gasteiger partial charge is 0.165 e. The summed E-state index contributed by atoms with van der Waals surface area (Å²) in [6, 6.07) is 0. The minimum absolute atomic E-state index is 0.973. The van der Waals surface area contributed by atoms with Gasteiger partial charge in [0.25, 0.3) is 0 Å². The van der Waals surface area contributed by atoms with E-state index < -0.39 is 0 Å². The Morgan fingerprint density at radius 2 is 2.43 bits per heavy atom. The van der Waals surface area contributed by atoms with Crippen molar-refractivity contribution in [3.63, 3.8) is 0 Å². The second-order valence-electron chi connectivity index (χ2n) is 3.71. The Labute approximate surface area is 84.4 Å². The van der Waals surface area contributed by atoms with Gasteiger partial charge in [-0.15, -0.1) is 0 Å². The van der Waals surface area contributed by atoms with E-state index in [9.17, 15) is 0 Å². The zero-order chi connectivity index (χ0) is 9.97. The summed E-state index contributed by atoms with van der Waals surface area (Å²) in [5.41, 5.74) is 2.45. The third-order valence-electron chi connectivity index (χ3n) is 2.78. The van der Waals surface area contributed by atoms with Crippen LogP contribution in [0.3, 0.4) is 0 Å². The maximum atomic E-state index is 5.24. The van der Waals surface area contributed by atoms with Crippen LogP contribution < -0.4 is 0 Å². The number of hydrogen-bond donors (Lipinski definition) is 0. The summed E-state index contributed by atoms with van der Waals surface area (Å²) >= 11 is 0. The number of hydrogen-bond acceptors (Lipinski definition) is 3. The molecule has 0 aliphatic carbocycles. The minimum Gasteiger partial charge on any atom is -0.356 e. The Kier molecular flexibility index (Phi) is 2.68. The third kappa shape index (κ3) is 1.73. The highest BCUT2D eigenvalue weighted by atomic mass is 16.5. The van der Waals surface area contributed by atoms with E-state index in [0.717, 1.165) is 37.4 Å². The monoisotopic (exact) mass is 192 g/mol. The number of aryl methyl sites for hydroxylation is 1. The van der Waals surface area contributed by atoms with Crippen LogP contribution in [0, 0.1) is 6.92 Å². The first kappa shape index (κ1) is 9.46.